The van der Waals surface area contributed by atoms with E-state index in [4.69, 9.17) is 9.47 Å². The van der Waals surface area contributed by atoms with E-state index >= 15 is 0 Å². The number of benzene rings is 2. The summed E-state index contributed by atoms with van der Waals surface area (Å²) >= 11 is 1.54. The first-order chi connectivity index (χ1) is 15.5. The molecule has 6 heteroatoms. The van der Waals surface area contributed by atoms with Crippen molar-refractivity contribution in [3.8, 4) is 11.5 Å². The molecular formula is C26H30N2O3S. The van der Waals surface area contributed by atoms with Gasteiger partial charge in [-0.1, -0.05) is 43.2 Å². The van der Waals surface area contributed by atoms with E-state index in [1.807, 2.05) is 23.6 Å². The van der Waals surface area contributed by atoms with Gasteiger partial charge in [0.2, 0.25) is 0 Å². The molecule has 0 saturated heterocycles. The number of carbonyl (C=O) groups excluding carboxylic acids is 1. The van der Waals surface area contributed by atoms with Gasteiger partial charge in [-0.05, 0) is 48.6 Å². The van der Waals surface area contributed by atoms with Crippen molar-refractivity contribution in [3.63, 3.8) is 0 Å². The van der Waals surface area contributed by atoms with Crippen LogP contribution in [-0.4, -0.2) is 31.7 Å². The minimum absolute atomic E-state index is 0.0881. The molecule has 1 heterocycles. The van der Waals surface area contributed by atoms with Gasteiger partial charge in [0.1, 0.15) is 5.69 Å². The number of amides is 1. The molecule has 0 unspecified atom stereocenters. The van der Waals surface area contributed by atoms with Gasteiger partial charge >= 0.3 is 0 Å². The Morgan fingerprint density at radius 2 is 1.84 bits per heavy atom. The van der Waals surface area contributed by atoms with E-state index in [0.717, 1.165) is 48.6 Å². The Kier molecular flexibility index (Phi) is 6.80. The predicted molar refractivity (Wildman–Crippen MR) is 128 cm³/mol. The SMILES string of the molecule is COc1ccc(C2(CNC(=O)c3csc(Cc4ccccc4C)n3)CCCC2)cc1OC. The molecule has 0 radical (unpaired) electrons. The van der Waals surface area contributed by atoms with E-state index in [1.165, 1.54) is 16.7 Å². The molecule has 1 fully saturated rings. The number of aryl methyl sites for hydroxylation is 1. The maximum Gasteiger partial charge on any atom is 0.270 e. The molecule has 1 N–H and O–H groups in total. The van der Waals surface area contributed by atoms with E-state index in [9.17, 15) is 4.79 Å². The number of nitrogens with one attached hydrogen (secondary N) is 1. The summed E-state index contributed by atoms with van der Waals surface area (Å²) in [5, 5.41) is 5.99. The van der Waals surface area contributed by atoms with Gasteiger partial charge in [-0.3, -0.25) is 4.79 Å². The fourth-order valence-electron chi connectivity index (χ4n) is 4.59. The smallest absolute Gasteiger partial charge is 0.270 e. The lowest BCUT2D eigenvalue weighted by Gasteiger charge is -2.30. The first kappa shape index (κ1) is 22.3. The Morgan fingerprint density at radius 1 is 1.09 bits per heavy atom. The minimum Gasteiger partial charge on any atom is -0.493 e. The van der Waals surface area contributed by atoms with Crippen LogP contribution in [-0.2, 0) is 11.8 Å². The van der Waals surface area contributed by atoms with Crippen LogP contribution in [0.4, 0.5) is 0 Å². The van der Waals surface area contributed by atoms with Gasteiger partial charge in [-0.2, -0.15) is 0 Å². The summed E-state index contributed by atoms with van der Waals surface area (Å²) in [5.41, 5.74) is 4.08. The van der Waals surface area contributed by atoms with Crippen molar-refractivity contribution < 1.29 is 14.3 Å². The number of thiazole rings is 1. The van der Waals surface area contributed by atoms with Crippen molar-refractivity contribution in [3.05, 3.63) is 75.2 Å². The second-order valence-electron chi connectivity index (χ2n) is 8.47. The van der Waals surface area contributed by atoms with Crippen LogP contribution in [0, 0.1) is 6.92 Å². The third kappa shape index (κ3) is 4.65. The number of nitrogens with zero attached hydrogens (tertiary/aromatic N) is 1. The first-order valence-corrected chi connectivity index (χ1v) is 11.9. The highest BCUT2D eigenvalue weighted by atomic mass is 32.1. The van der Waals surface area contributed by atoms with Gasteiger partial charge in [0, 0.05) is 23.8 Å². The molecule has 1 amide bonds. The number of ether oxygens (including phenoxy) is 2. The lowest BCUT2D eigenvalue weighted by atomic mass is 9.78. The number of hydrogen-bond donors (Lipinski definition) is 1. The zero-order valence-electron chi connectivity index (χ0n) is 18.9. The first-order valence-electron chi connectivity index (χ1n) is 11.0. The Morgan fingerprint density at radius 3 is 2.56 bits per heavy atom. The Bertz CT molecular complexity index is 1090. The van der Waals surface area contributed by atoms with Gasteiger partial charge in [-0.25, -0.2) is 4.98 Å². The van der Waals surface area contributed by atoms with E-state index in [2.05, 4.69) is 41.5 Å². The highest BCUT2D eigenvalue weighted by Crippen LogP contribution is 2.43. The quantitative estimate of drug-likeness (QED) is 0.506. The number of methoxy groups -OCH3 is 2. The van der Waals surface area contributed by atoms with Gasteiger partial charge in [0.15, 0.2) is 11.5 Å². The third-order valence-corrected chi connectivity index (χ3v) is 7.38. The molecule has 0 atom stereocenters. The average Bonchev–Trinajstić information content (AvgIpc) is 3.49. The van der Waals surface area contributed by atoms with Gasteiger partial charge in [0.25, 0.3) is 5.91 Å². The predicted octanol–water partition coefficient (Wildman–Crippen LogP) is 5.30. The molecule has 1 aromatic heterocycles. The molecule has 32 heavy (non-hydrogen) atoms. The summed E-state index contributed by atoms with van der Waals surface area (Å²) in [6.07, 6.45) is 5.14. The van der Waals surface area contributed by atoms with Gasteiger partial charge < -0.3 is 14.8 Å². The second-order valence-corrected chi connectivity index (χ2v) is 9.41. The number of carbonyl (C=O) groups is 1. The fourth-order valence-corrected chi connectivity index (χ4v) is 5.39. The molecule has 5 nitrogen and oxygen atoms in total. The molecule has 4 rings (SSSR count). The van der Waals surface area contributed by atoms with Crippen molar-refractivity contribution >= 4 is 17.2 Å². The average molecular weight is 451 g/mol. The summed E-state index contributed by atoms with van der Waals surface area (Å²) < 4.78 is 10.9. The molecular weight excluding hydrogens is 420 g/mol. The summed E-state index contributed by atoms with van der Waals surface area (Å²) in [6, 6.07) is 14.4. The molecule has 1 aliphatic carbocycles. The molecule has 1 aliphatic rings. The van der Waals surface area contributed by atoms with Crippen LogP contribution in [0.5, 0.6) is 11.5 Å². The van der Waals surface area contributed by atoms with Crippen molar-refractivity contribution in [2.24, 2.45) is 0 Å². The topological polar surface area (TPSA) is 60.5 Å². The van der Waals surface area contributed by atoms with E-state index in [0.29, 0.717) is 12.2 Å². The molecule has 168 valence electrons. The molecule has 2 aromatic carbocycles. The van der Waals surface area contributed by atoms with Crippen LogP contribution in [0.15, 0.2) is 47.8 Å². The normalized spacial score (nSPS) is 14.8. The van der Waals surface area contributed by atoms with E-state index in [1.54, 1.807) is 25.6 Å². The standard InChI is InChI=1S/C26H30N2O3S/c1-18-8-4-5-9-19(18)14-24-28-21(16-32-24)25(29)27-17-26(12-6-7-13-26)20-10-11-22(30-2)23(15-20)31-3/h4-5,8-11,15-16H,6-7,12-14,17H2,1-3H3,(H,27,29). The number of aromatic nitrogens is 1. The molecule has 0 spiro atoms. The summed E-state index contributed by atoms with van der Waals surface area (Å²) in [6.45, 7) is 2.69. The maximum absolute atomic E-state index is 12.9. The van der Waals surface area contributed by atoms with Crippen LogP contribution in [0.25, 0.3) is 0 Å². The van der Waals surface area contributed by atoms with Crippen molar-refractivity contribution in [1.29, 1.82) is 0 Å². The van der Waals surface area contributed by atoms with Crippen LogP contribution in [0.1, 0.15) is 57.9 Å². The summed E-state index contributed by atoms with van der Waals surface area (Å²) in [7, 11) is 3.30. The summed E-state index contributed by atoms with van der Waals surface area (Å²) in [5.74, 6) is 1.34. The fraction of sp³-hybridized carbons (Fsp3) is 0.385. The van der Waals surface area contributed by atoms with Crippen molar-refractivity contribution in [1.82, 2.24) is 10.3 Å². The second kappa shape index (κ2) is 9.74. The summed E-state index contributed by atoms with van der Waals surface area (Å²) in [4.78, 5) is 17.5. The van der Waals surface area contributed by atoms with Crippen LogP contribution >= 0.6 is 11.3 Å². The Hall–Kier alpha value is -2.86. The molecule has 0 aliphatic heterocycles. The monoisotopic (exact) mass is 450 g/mol. The zero-order chi connectivity index (χ0) is 22.6. The number of hydrogen-bond acceptors (Lipinski definition) is 5. The molecule has 1 saturated carbocycles. The lowest BCUT2D eigenvalue weighted by Crippen LogP contribution is -2.39. The zero-order valence-corrected chi connectivity index (χ0v) is 19.8. The van der Waals surface area contributed by atoms with Gasteiger partial charge in [0.05, 0.1) is 19.2 Å². The van der Waals surface area contributed by atoms with E-state index < -0.39 is 0 Å². The highest BCUT2D eigenvalue weighted by molar-refractivity contribution is 7.09. The number of rotatable bonds is 8. The van der Waals surface area contributed by atoms with Crippen molar-refractivity contribution in [2.45, 2.75) is 44.4 Å². The van der Waals surface area contributed by atoms with E-state index in [-0.39, 0.29) is 11.3 Å². The Balaban J connectivity index is 1.46. The largest absolute Gasteiger partial charge is 0.493 e. The lowest BCUT2D eigenvalue weighted by molar-refractivity contribution is 0.0938. The molecule has 3 aromatic rings. The van der Waals surface area contributed by atoms with Crippen LogP contribution in [0.3, 0.4) is 0 Å². The van der Waals surface area contributed by atoms with Crippen LogP contribution < -0.4 is 14.8 Å². The third-order valence-electron chi connectivity index (χ3n) is 6.53. The van der Waals surface area contributed by atoms with Gasteiger partial charge in [-0.15, -0.1) is 11.3 Å². The highest BCUT2D eigenvalue weighted by Gasteiger charge is 2.36. The van der Waals surface area contributed by atoms with Crippen molar-refractivity contribution in [2.75, 3.05) is 20.8 Å². The Labute approximate surface area is 193 Å². The maximum atomic E-state index is 12.9. The molecule has 0 bridgehead atoms. The minimum atomic E-state index is -0.107. The van der Waals surface area contributed by atoms with Crippen LogP contribution in [0.2, 0.25) is 0 Å².